The van der Waals surface area contributed by atoms with Crippen molar-refractivity contribution in [1.29, 1.82) is 0 Å². The Balaban J connectivity index is 1.31. The number of aryl methyl sites for hydroxylation is 1. The molecule has 3 heterocycles. The number of carbonyl (C=O) groups excluding carboxylic acids is 1. The second-order valence-electron chi connectivity index (χ2n) is 7.89. The Morgan fingerprint density at radius 3 is 2.48 bits per heavy atom. The molecule has 2 aromatic heterocycles. The third-order valence-electron chi connectivity index (χ3n) is 5.68. The first kappa shape index (κ1) is 22.7. The number of halogens is 3. The lowest BCUT2D eigenvalue weighted by atomic mass is 10.1. The summed E-state index contributed by atoms with van der Waals surface area (Å²) in [6, 6.07) is 7.24. The largest absolute Gasteiger partial charge is 0.419 e. The molecule has 1 amide bonds. The molecule has 0 unspecified atom stereocenters. The van der Waals surface area contributed by atoms with Gasteiger partial charge in [0, 0.05) is 50.4 Å². The average molecular weight is 460 g/mol. The summed E-state index contributed by atoms with van der Waals surface area (Å²) >= 11 is 0. The van der Waals surface area contributed by atoms with Crippen molar-refractivity contribution in [2.24, 2.45) is 0 Å². The van der Waals surface area contributed by atoms with E-state index in [2.05, 4.69) is 20.2 Å². The molecule has 1 aliphatic rings. The Morgan fingerprint density at radius 1 is 1.03 bits per heavy atom. The highest BCUT2D eigenvalue weighted by Gasteiger charge is 2.31. The van der Waals surface area contributed by atoms with E-state index >= 15 is 0 Å². The van der Waals surface area contributed by atoms with Crippen molar-refractivity contribution in [1.82, 2.24) is 25.1 Å². The number of alkyl halides is 3. The lowest BCUT2D eigenvalue weighted by Crippen LogP contribution is -2.35. The summed E-state index contributed by atoms with van der Waals surface area (Å²) < 4.78 is 38.1. The van der Waals surface area contributed by atoms with E-state index in [-0.39, 0.29) is 17.4 Å². The van der Waals surface area contributed by atoms with Crippen LogP contribution in [0.3, 0.4) is 0 Å². The van der Waals surface area contributed by atoms with E-state index in [0.29, 0.717) is 57.2 Å². The van der Waals surface area contributed by atoms with Gasteiger partial charge in [-0.2, -0.15) is 18.3 Å². The number of rotatable bonds is 5. The fraction of sp³-hybridized carbons (Fsp3) is 0.409. The number of hydrogen-bond donors (Lipinski definition) is 1. The molecule has 8 nitrogen and oxygen atoms in total. The minimum absolute atomic E-state index is 0.0129. The Kier molecular flexibility index (Phi) is 6.57. The molecule has 11 heteroatoms. The number of nitrogens with one attached hydrogen (secondary N) is 1. The van der Waals surface area contributed by atoms with Gasteiger partial charge in [-0.05, 0) is 25.3 Å². The van der Waals surface area contributed by atoms with E-state index < -0.39 is 11.7 Å². The number of benzene rings is 1. The molecule has 1 aliphatic heterocycles. The fourth-order valence-electron chi connectivity index (χ4n) is 3.92. The van der Waals surface area contributed by atoms with Gasteiger partial charge in [-0.15, -0.1) is 0 Å². The van der Waals surface area contributed by atoms with Crippen LogP contribution in [0.1, 0.15) is 30.5 Å². The van der Waals surface area contributed by atoms with Crippen molar-refractivity contribution in [2.75, 3.05) is 31.1 Å². The molecule has 33 heavy (non-hydrogen) atoms. The van der Waals surface area contributed by atoms with Gasteiger partial charge >= 0.3 is 6.18 Å². The van der Waals surface area contributed by atoms with Gasteiger partial charge in [0.05, 0.1) is 16.6 Å². The molecule has 1 N–H and O–H groups in total. The number of aromatic amines is 1. The SMILES string of the molecule is O=C(CCCc1n[nH]c(=O)c2ccccc12)N1CCCN(c2ncc(C(F)(F)F)cn2)CC1. The maximum Gasteiger partial charge on any atom is 0.419 e. The summed E-state index contributed by atoms with van der Waals surface area (Å²) in [6.45, 7) is 2.02. The predicted octanol–water partition coefficient (Wildman–Crippen LogP) is 2.79. The molecule has 1 fully saturated rings. The minimum atomic E-state index is -4.47. The highest BCUT2D eigenvalue weighted by Crippen LogP contribution is 2.28. The van der Waals surface area contributed by atoms with Crippen LogP contribution in [-0.2, 0) is 17.4 Å². The monoisotopic (exact) mass is 460 g/mol. The van der Waals surface area contributed by atoms with Crippen molar-refractivity contribution in [3.63, 3.8) is 0 Å². The molecule has 0 aliphatic carbocycles. The number of carbonyl (C=O) groups is 1. The molecule has 3 aromatic rings. The van der Waals surface area contributed by atoms with Crippen LogP contribution in [-0.4, -0.2) is 57.2 Å². The summed E-state index contributed by atoms with van der Waals surface area (Å²) in [5.41, 5.74) is -0.376. The number of anilines is 1. The first-order valence-electron chi connectivity index (χ1n) is 10.7. The van der Waals surface area contributed by atoms with Crippen LogP contribution in [0, 0.1) is 0 Å². The normalized spacial score (nSPS) is 15.0. The van der Waals surface area contributed by atoms with Crippen LogP contribution in [0.2, 0.25) is 0 Å². The third kappa shape index (κ3) is 5.29. The van der Waals surface area contributed by atoms with Gasteiger partial charge in [-0.25, -0.2) is 15.1 Å². The van der Waals surface area contributed by atoms with E-state index in [9.17, 15) is 22.8 Å². The first-order chi connectivity index (χ1) is 15.8. The lowest BCUT2D eigenvalue weighted by molar-refractivity contribution is -0.138. The van der Waals surface area contributed by atoms with Crippen LogP contribution >= 0.6 is 0 Å². The van der Waals surface area contributed by atoms with Gasteiger partial charge in [0.1, 0.15) is 0 Å². The second kappa shape index (κ2) is 9.55. The van der Waals surface area contributed by atoms with Gasteiger partial charge in [-0.1, -0.05) is 18.2 Å². The smallest absolute Gasteiger partial charge is 0.341 e. The molecule has 0 bridgehead atoms. The summed E-state index contributed by atoms with van der Waals surface area (Å²) in [6.07, 6.45) is -0.757. The first-order valence-corrected chi connectivity index (χ1v) is 10.7. The van der Waals surface area contributed by atoms with Crippen LogP contribution < -0.4 is 10.5 Å². The Hall–Kier alpha value is -3.50. The standard InChI is InChI=1S/C22H23F3N6O2/c23-22(24,25)15-13-26-21(27-14-15)31-10-4-9-30(11-12-31)19(32)8-3-7-18-16-5-1-2-6-17(16)20(33)29-28-18/h1-2,5-6,13-14H,3-4,7-12H2,(H,29,33). The molecule has 0 saturated carbocycles. The lowest BCUT2D eigenvalue weighted by Gasteiger charge is -2.22. The van der Waals surface area contributed by atoms with Crippen molar-refractivity contribution in [3.8, 4) is 0 Å². The maximum atomic E-state index is 12.7. The zero-order valence-corrected chi connectivity index (χ0v) is 17.8. The van der Waals surface area contributed by atoms with Crippen molar-refractivity contribution < 1.29 is 18.0 Å². The maximum absolute atomic E-state index is 12.7. The minimum Gasteiger partial charge on any atom is -0.341 e. The molecular weight excluding hydrogens is 437 g/mol. The summed E-state index contributed by atoms with van der Waals surface area (Å²) in [5, 5.41) is 8.01. The third-order valence-corrected chi connectivity index (χ3v) is 5.68. The van der Waals surface area contributed by atoms with Crippen LogP contribution in [0.5, 0.6) is 0 Å². The molecule has 0 spiro atoms. The molecule has 4 rings (SSSR count). The number of H-pyrrole nitrogens is 1. The molecule has 1 aromatic carbocycles. The van der Waals surface area contributed by atoms with Gasteiger partial charge in [0.15, 0.2) is 0 Å². The summed E-state index contributed by atoms with van der Waals surface area (Å²) in [7, 11) is 0. The van der Waals surface area contributed by atoms with E-state index in [4.69, 9.17) is 0 Å². The highest BCUT2D eigenvalue weighted by atomic mass is 19.4. The Bertz CT molecular complexity index is 1180. The van der Waals surface area contributed by atoms with Crippen molar-refractivity contribution in [2.45, 2.75) is 31.9 Å². The molecule has 174 valence electrons. The zero-order chi connectivity index (χ0) is 23.4. The number of hydrogen-bond acceptors (Lipinski definition) is 6. The van der Waals surface area contributed by atoms with E-state index in [1.807, 2.05) is 12.1 Å². The highest BCUT2D eigenvalue weighted by molar-refractivity contribution is 5.83. The summed E-state index contributed by atoms with van der Waals surface area (Å²) in [5.74, 6) is 0.243. The quantitative estimate of drug-likeness (QED) is 0.629. The van der Waals surface area contributed by atoms with E-state index in [1.54, 1.807) is 21.9 Å². The zero-order valence-electron chi connectivity index (χ0n) is 17.8. The molecular formula is C22H23F3N6O2. The number of fused-ring (bicyclic) bond motifs is 1. The molecule has 0 radical (unpaired) electrons. The number of aromatic nitrogens is 4. The molecule has 1 saturated heterocycles. The van der Waals surface area contributed by atoms with Gasteiger partial charge in [-0.3, -0.25) is 9.59 Å². The van der Waals surface area contributed by atoms with Gasteiger partial charge in [0.25, 0.3) is 5.56 Å². The van der Waals surface area contributed by atoms with Crippen LogP contribution in [0.15, 0.2) is 41.5 Å². The average Bonchev–Trinajstić information content (AvgIpc) is 3.07. The molecule has 0 atom stereocenters. The Labute approximate surface area is 187 Å². The van der Waals surface area contributed by atoms with Crippen LogP contribution in [0.25, 0.3) is 10.8 Å². The Morgan fingerprint density at radius 2 is 1.76 bits per heavy atom. The number of amides is 1. The second-order valence-corrected chi connectivity index (χ2v) is 7.89. The van der Waals surface area contributed by atoms with Gasteiger partial charge in [0.2, 0.25) is 11.9 Å². The van der Waals surface area contributed by atoms with E-state index in [0.717, 1.165) is 23.5 Å². The fourth-order valence-corrected chi connectivity index (χ4v) is 3.92. The van der Waals surface area contributed by atoms with Crippen molar-refractivity contribution >= 4 is 22.6 Å². The van der Waals surface area contributed by atoms with Crippen molar-refractivity contribution in [3.05, 3.63) is 58.3 Å². The topological polar surface area (TPSA) is 95.1 Å². The van der Waals surface area contributed by atoms with E-state index in [1.165, 1.54) is 0 Å². The predicted molar refractivity (Wildman–Crippen MR) is 116 cm³/mol. The van der Waals surface area contributed by atoms with Gasteiger partial charge < -0.3 is 9.80 Å². The van der Waals surface area contributed by atoms with Crippen LogP contribution in [0.4, 0.5) is 19.1 Å². The number of nitrogens with zero attached hydrogens (tertiary/aromatic N) is 5. The summed E-state index contributed by atoms with van der Waals surface area (Å²) in [4.78, 5) is 35.9.